The van der Waals surface area contributed by atoms with Crippen LogP contribution < -0.4 is 5.32 Å². The van der Waals surface area contributed by atoms with Crippen molar-refractivity contribution in [3.63, 3.8) is 0 Å². The molecule has 1 N–H and O–H groups in total. The Balaban J connectivity index is 1.62. The quantitative estimate of drug-likeness (QED) is 0.586. The van der Waals surface area contributed by atoms with E-state index in [0.717, 1.165) is 23.6 Å². The largest absolute Gasteiger partial charge is 0.325 e. The summed E-state index contributed by atoms with van der Waals surface area (Å²) in [6.45, 7) is 4.80. The molecule has 0 spiro atoms. The number of amides is 1. The van der Waals surface area contributed by atoms with Crippen molar-refractivity contribution < 1.29 is 13.2 Å². The Labute approximate surface area is 163 Å². The number of aryl methyl sites for hydroxylation is 1. The summed E-state index contributed by atoms with van der Waals surface area (Å²) in [5.74, 6) is -0.175. The Hall–Kier alpha value is -1.97. The van der Waals surface area contributed by atoms with Crippen LogP contribution in [0.1, 0.15) is 25.5 Å². The van der Waals surface area contributed by atoms with Crippen molar-refractivity contribution in [3.8, 4) is 0 Å². The van der Waals surface area contributed by atoms with E-state index in [1.54, 1.807) is 19.1 Å². The van der Waals surface area contributed by atoms with Crippen molar-refractivity contribution in [2.24, 2.45) is 0 Å². The van der Waals surface area contributed by atoms with Gasteiger partial charge in [0.1, 0.15) is 11.4 Å². The summed E-state index contributed by atoms with van der Waals surface area (Å²) in [7, 11) is -3.44. The van der Waals surface area contributed by atoms with E-state index in [4.69, 9.17) is 0 Å². The zero-order valence-electron chi connectivity index (χ0n) is 15.3. The summed E-state index contributed by atoms with van der Waals surface area (Å²) in [4.78, 5) is 20.8. The van der Waals surface area contributed by atoms with Crippen LogP contribution in [-0.4, -0.2) is 46.9 Å². The van der Waals surface area contributed by atoms with E-state index in [1.807, 2.05) is 13.0 Å². The van der Waals surface area contributed by atoms with Gasteiger partial charge in [-0.05, 0) is 57.0 Å². The lowest BCUT2D eigenvalue weighted by Crippen LogP contribution is -2.27. The third-order valence-corrected chi connectivity index (χ3v) is 7.22. The third-order valence-electron chi connectivity index (χ3n) is 4.27. The molecule has 7 nitrogen and oxygen atoms in total. The van der Waals surface area contributed by atoms with Gasteiger partial charge in [0.05, 0.1) is 10.1 Å². The van der Waals surface area contributed by atoms with Gasteiger partial charge in [-0.3, -0.25) is 4.79 Å². The first-order valence-electron chi connectivity index (χ1n) is 8.72. The van der Waals surface area contributed by atoms with Crippen molar-refractivity contribution in [1.82, 2.24) is 14.3 Å². The predicted octanol–water partition coefficient (Wildman–Crippen LogP) is 2.69. The smallest absolute Gasteiger partial charge is 0.243 e. The number of sulfonamides is 1. The number of thioether (sulfide) groups is 1. The lowest BCUT2D eigenvalue weighted by molar-refractivity contribution is -0.115. The molecule has 1 aromatic carbocycles. The van der Waals surface area contributed by atoms with Crippen LogP contribution in [0.15, 0.2) is 46.6 Å². The summed E-state index contributed by atoms with van der Waals surface area (Å²) in [6, 6.07) is 8.14. The number of hydrogen-bond acceptors (Lipinski definition) is 6. The van der Waals surface area contributed by atoms with Gasteiger partial charge in [-0.25, -0.2) is 18.4 Å². The number of carbonyl (C=O) groups is 1. The molecule has 0 bridgehead atoms. The van der Waals surface area contributed by atoms with Gasteiger partial charge in [0.2, 0.25) is 15.9 Å². The maximum atomic E-state index is 12.5. The van der Waals surface area contributed by atoms with Crippen molar-refractivity contribution in [2.45, 2.75) is 41.9 Å². The number of nitrogens with zero attached hydrogens (tertiary/aromatic N) is 3. The van der Waals surface area contributed by atoms with Gasteiger partial charge >= 0.3 is 0 Å². The molecule has 9 heteroatoms. The highest BCUT2D eigenvalue weighted by molar-refractivity contribution is 8.00. The molecule has 1 atom stereocenters. The highest BCUT2D eigenvalue weighted by Gasteiger charge is 2.27. The molecule has 1 aromatic heterocycles. The van der Waals surface area contributed by atoms with E-state index in [2.05, 4.69) is 15.3 Å². The van der Waals surface area contributed by atoms with Crippen LogP contribution in [0.2, 0.25) is 0 Å². The second-order valence-corrected chi connectivity index (χ2v) is 9.68. The molecule has 1 saturated heterocycles. The van der Waals surface area contributed by atoms with Gasteiger partial charge in [-0.2, -0.15) is 4.31 Å². The topological polar surface area (TPSA) is 92.3 Å². The third kappa shape index (κ3) is 4.85. The zero-order chi connectivity index (χ0) is 19.4. The lowest BCUT2D eigenvalue weighted by atomic mass is 10.3. The Morgan fingerprint density at radius 2 is 1.85 bits per heavy atom. The molecular weight excluding hydrogens is 384 g/mol. The average Bonchev–Trinajstić information content (AvgIpc) is 3.17. The normalized spacial score (nSPS) is 16.2. The predicted molar refractivity (Wildman–Crippen MR) is 105 cm³/mol. The fourth-order valence-corrected chi connectivity index (χ4v) is 5.15. The number of aromatic nitrogens is 2. The van der Waals surface area contributed by atoms with E-state index < -0.39 is 10.0 Å². The molecule has 0 saturated carbocycles. The van der Waals surface area contributed by atoms with Gasteiger partial charge in [-0.1, -0.05) is 11.8 Å². The van der Waals surface area contributed by atoms with Gasteiger partial charge in [0.15, 0.2) is 0 Å². The molecule has 1 aliphatic rings. The highest BCUT2D eigenvalue weighted by Crippen LogP contribution is 2.24. The fraction of sp³-hybridized carbons (Fsp3) is 0.389. The van der Waals surface area contributed by atoms with Crippen LogP contribution in [0.25, 0.3) is 0 Å². The molecule has 1 amide bonds. The first kappa shape index (κ1) is 19.8. The first-order chi connectivity index (χ1) is 12.9. The van der Waals surface area contributed by atoms with E-state index in [1.165, 1.54) is 34.5 Å². The van der Waals surface area contributed by atoms with Crippen molar-refractivity contribution in [2.75, 3.05) is 18.4 Å². The Morgan fingerprint density at radius 3 is 2.48 bits per heavy atom. The molecule has 1 aliphatic heterocycles. The standard InChI is InChI=1S/C18H22N4O3S2/c1-13-11-17(20-12-19-13)26-14(2)18(23)21-15-5-7-16(8-6-15)27(24,25)22-9-3-4-10-22/h5-8,11-12,14H,3-4,9-10H2,1-2H3,(H,21,23)/t14-/m0/s1. The maximum Gasteiger partial charge on any atom is 0.243 e. The summed E-state index contributed by atoms with van der Waals surface area (Å²) in [5.41, 5.74) is 1.40. The SMILES string of the molecule is Cc1cc(S[C@@H](C)C(=O)Nc2ccc(S(=O)(=O)N3CCCC3)cc2)ncn1. The second-order valence-electron chi connectivity index (χ2n) is 6.38. The number of benzene rings is 1. The Bertz CT molecular complexity index is 910. The zero-order valence-corrected chi connectivity index (χ0v) is 16.9. The van der Waals surface area contributed by atoms with Gasteiger partial charge in [0, 0.05) is 24.5 Å². The molecule has 27 heavy (non-hydrogen) atoms. The van der Waals surface area contributed by atoms with E-state index in [0.29, 0.717) is 18.8 Å². The molecule has 0 radical (unpaired) electrons. The van der Waals surface area contributed by atoms with Crippen LogP contribution in [0.3, 0.4) is 0 Å². The Kier molecular flexibility index (Phi) is 6.13. The average molecular weight is 407 g/mol. The molecule has 2 heterocycles. The van der Waals surface area contributed by atoms with E-state index >= 15 is 0 Å². The van der Waals surface area contributed by atoms with Crippen LogP contribution in [-0.2, 0) is 14.8 Å². The Morgan fingerprint density at radius 1 is 1.19 bits per heavy atom. The first-order valence-corrected chi connectivity index (χ1v) is 11.0. The number of carbonyl (C=O) groups excluding carboxylic acids is 1. The van der Waals surface area contributed by atoms with Crippen LogP contribution in [0, 0.1) is 6.92 Å². The molecule has 0 unspecified atom stereocenters. The van der Waals surface area contributed by atoms with Gasteiger partial charge < -0.3 is 5.32 Å². The monoisotopic (exact) mass is 406 g/mol. The number of hydrogen-bond donors (Lipinski definition) is 1. The van der Waals surface area contributed by atoms with Crippen LogP contribution >= 0.6 is 11.8 Å². The van der Waals surface area contributed by atoms with Crippen LogP contribution in [0.5, 0.6) is 0 Å². The molecular formula is C18H22N4O3S2. The van der Waals surface area contributed by atoms with Crippen LogP contribution in [0.4, 0.5) is 5.69 Å². The molecule has 3 rings (SSSR count). The van der Waals surface area contributed by atoms with Gasteiger partial charge in [-0.15, -0.1) is 0 Å². The van der Waals surface area contributed by atoms with Crippen molar-refractivity contribution in [3.05, 3.63) is 42.4 Å². The highest BCUT2D eigenvalue weighted by atomic mass is 32.2. The van der Waals surface area contributed by atoms with E-state index in [9.17, 15) is 13.2 Å². The molecule has 2 aromatic rings. The summed E-state index contributed by atoms with van der Waals surface area (Å²) >= 11 is 1.34. The molecule has 1 fully saturated rings. The van der Waals surface area contributed by atoms with Crippen molar-refractivity contribution in [1.29, 1.82) is 0 Å². The number of rotatable bonds is 6. The number of nitrogens with one attached hydrogen (secondary N) is 1. The summed E-state index contributed by atoms with van der Waals surface area (Å²) in [6.07, 6.45) is 3.27. The van der Waals surface area contributed by atoms with Crippen molar-refractivity contribution >= 4 is 33.4 Å². The van der Waals surface area contributed by atoms with E-state index in [-0.39, 0.29) is 16.1 Å². The molecule has 144 valence electrons. The fourth-order valence-electron chi connectivity index (χ4n) is 2.76. The minimum Gasteiger partial charge on any atom is -0.325 e. The summed E-state index contributed by atoms with van der Waals surface area (Å²) in [5, 5.41) is 3.19. The second kappa shape index (κ2) is 8.37. The minimum absolute atomic E-state index is 0.175. The minimum atomic E-state index is -3.44. The summed E-state index contributed by atoms with van der Waals surface area (Å²) < 4.78 is 26.6. The number of anilines is 1. The maximum absolute atomic E-state index is 12.5. The van der Waals surface area contributed by atoms with Gasteiger partial charge in [0.25, 0.3) is 0 Å². The molecule has 0 aliphatic carbocycles. The lowest BCUT2D eigenvalue weighted by Gasteiger charge is -2.16.